The zero-order valence-corrected chi connectivity index (χ0v) is 14.2. The Bertz CT molecular complexity index is 766. The number of hydrogen-bond acceptors (Lipinski definition) is 2. The molecule has 25 heavy (non-hydrogen) atoms. The average molecular weight is 334 g/mol. The molecule has 2 aromatic carbocycles. The Morgan fingerprint density at radius 1 is 0.880 bits per heavy atom. The zero-order chi connectivity index (χ0) is 17.2. The second kappa shape index (κ2) is 6.71. The van der Waals surface area contributed by atoms with Crippen molar-refractivity contribution in [1.82, 2.24) is 10.2 Å². The summed E-state index contributed by atoms with van der Waals surface area (Å²) in [6.07, 6.45) is 2.90. The van der Waals surface area contributed by atoms with E-state index in [0.717, 1.165) is 36.9 Å². The van der Waals surface area contributed by atoms with Crippen LogP contribution in [0.3, 0.4) is 0 Å². The number of nitrogens with zero attached hydrogens (tertiary/aromatic N) is 1. The van der Waals surface area contributed by atoms with E-state index < -0.39 is 0 Å². The van der Waals surface area contributed by atoms with E-state index in [1.807, 2.05) is 47.4 Å². The van der Waals surface area contributed by atoms with Crippen molar-refractivity contribution in [2.24, 2.45) is 5.92 Å². The van der Waals surface area contributed by atoms with Crippen LogP contribution in [-0.2, 0) is 4.79 Å². The van der Waals surface area contributed by atoms with Crippen LogP contribution in [0.4, 0.5) is 0 Å². The van der Waals surface area contributed by atoms with Crippen LogP contribution in [0, 0.1) is 5.92 Å². The van der Waals surface area contributed by atoms with Crippen LogP contribution < -0.4 is 5.32 Å². The van der Waals surface area contributed by atoms with Gasteiger partial charge in [0.2, 0.25) is 5.91 Å². The van der Waals surface area contributed by atoms with Crippen molar-refractivity contribution in [3.05, 3.63) is 60.2 Å². The van der Waals surface area contributed by atoms with Crippen LogP contribution in [-0.4, -0.2) is 35.8 Å². The van der Waals surface area contributed by atoms with Crippen LogP contribution in [0.25, 0.3) is 11.1 Å². The molecule has 0 spiro atoms. The maximum absolute atomic E-state index is 12.5. The first-order valence-corrected chi connectivity index (χ1v) is 8.96. The first-order chi connectivity index (χ1) is 12.2. The Kier molecular flexibility index (Phi) is 4.26. The number of amides is 2. The molecule has 4 nitrogen and oxygen atoms in total. The maximum atomic E-state index is 12.5. The van der Waals surface area contributed by atoms with Crippen LogP contribution in [0.5, 0.6) is 0 Å². The van der Waals surface area contributed by atoms with Gasteiger partial charge < -0.3 is 10.2 Å². The first kappa shape index (κ1) is 15.9. The summed E-state index contributed by atoms with van der Waals surface area (Å²) in [5.74, 6) is 0.453. The van der Waals surface area contributed by atoms with Gasteiger partial charge in [-0.3, -0.25) is 9.59 Å². The molecule has 0 radical (unpaired) electrons. The highest BCUT2D eigenvalue weighted by molar-refractivity contribution is 5.95. The van der Waals surface area contributed by atoms with Crippen molar-refractivity contribution in [1.29, 1.82) is 0 Å². The van der Waals surface area contributed by atoms with Crippen LogP contribution in [0.15, 0.2) is 54.6 Å². The molecule has 1 unspecified atom stereocenters. The van der Waals surface area contributed by atoms with E-state index in [4.69, 9.17) is 0 Å². The molecule has 1 atom stereocenters. The number of benzene rings is 2. The first-order valence-electron chi connectivity index (χ1n) is 8.96. The molecular formula is C21H22N2O2. The Labute approximate surface area is 147 Å². The zero-order valence-electron chi connectivity index (χ0n) is 14.2. The predicted molar refractivity (Wildman–Crippen MR) is 97.1 cm³/mol. The summed E-state index contributed by atoms with van der Waals surface area (Å²) in [5, 5.41) is 3.07. The van der Waals surface area contributed by atoms with Gasteiger partial charge in [0, 0.05) is 30.6 Å². The number of carbonyl (C=O) groups is 2. The van der Waals surface area contributed by atoms with Gasteiger partial charge in [0.25, 0.3) is 5.91 Å². The summed E-state index contributed by atoms with van der Waals surface area (Å²) in [4.78, 5) is 26.5. The number of rotatable bonds is 4. The van der Waals surface area contributed by atoms with Gasteiger partial charge >= 0.3 is 0 Å². The minimum atomic E-state index is -0.0645. The Morgan fingerprint density at radius 2 is 1.56 bits per heavy atom. The van der Waals surface area contributed by atoms with Gasteiger partial charge in [-0.1, -0.05) is 42.5 Å². The van der Waals surface area contributed by atoms with Crippen molar-refractivity contribution >= 4 is 11.8 Å². The lowest BCUT2D eigenvalue weighted by atomic mass is 10.0. The molecule has 2 amide bonds. The molecule has 4 rings (SSSR count). The molecule has 0 bridgehead atoms. The van der Waals surface area contributed by atoms with E-state index >= 15 is 0 Å². The SMILES string of the molecule is O=C(NC1CCN(C(=O)C2CC2)C1)c1ccc(-c2ccccc2)cc1. The summed E-state index contributed by atoms with van der Waals surface area (Å²) in [5.41, 5.74) is 2.89. The minimum absolute atomic E-state index is 0.0593. The summed E-state index contributed by atoms with van der Waals surface area (Å²) in [6, 6.07) is 17.8. The average Bonchev–Trinajstić information content (AvgIpc) is 3.41. The molecule has 4 heteroatoms. The molecule has 1 aliphatic carbocycles. The second-order valence-electron chi connectivity index (χ2n) is 6.96. The van der Waals surface area contributed by atoms with Gasteiger partial charge in [0.1, 0.15) is 0 Å². The van der Waals surface area contributed by atoms with Crippen LogP contribution in [0.1, 0.15) is 29.6 Å². The second-order valence-corrected chi connectivity index (χ2v) is 6.96. The number of hydrogen-bond donors (Lipinski definition) is 1. The third kappa shape index (κ3) is 3.58. The smallest absolute Gasteiger partial charge is 0.251 e. The largest absolute Gasteiger partial charge is 0.347 e. The fourth-order valence-electron chi connectivity index (χ4n) is 3.38. The van der Waals surface area contributed by atoms with Crippen LogP contribution in [0.2, 0.25) is 0 Å². The number of carbonyl (C=O) groups excluding carboxylic acids is 2. The van der Waals surface area contributed by atoms with Crippen molar-refractivity contribution < 1.29 is 9.59 Å². The molecule has 1 saturated heterocycles. The lowest BCUT2D eigenvalue weighted by molar-refractivity contribution is -0.131. The summed E-state index contributed by atoms with van der Waals surface area (Å²) in [7, 11) is 0. The molecule has 0 aromatic heterocycles. The third-order valence-electron chi connectivity index (χ3n) is 5.02. The van der Waals surface area contributed by atoms with Gasteiger partial charge in [0.05, 0.1) is 0 Å². The lowest BCUT2D eigenvalue weighted by Gasteiger charge is -2.17. The lowest BCUT2D eigenvalue weighted by Crippen LogP contribution is -2.38. The Balaban J connectivity index is 1.36. The summed E-state index contributed by atoms with van der Waals surface area (Å²) >= 11 is 0. The normalized spacial score (nSPS) is 19.7. The Hall–Kier alpha value is -2.62. The highest BCUT2D eigenvalue weighted by atomic mass is 16.2. The summed E-state index contributed by atoms with van der Waals surface area (Å²) < 4.78 is 0. The molecule has 128 valence electrons. The van der Waals surface area contributed by atoms with Crippen molar-refractivity contribution in [3.8, 4) is 11.1 Å². The minimum Gasteiger partial charge on any atom is -0.347 e. The van der Waals surface area contributed by atoms with E-state index in [1.54, 1.807) is 0 Å². The fraction of sp³-hybridized carbons (Fsp3) is 0.333. The van der Waals surface area contributed by atoms with E-state index in [-0.39, 0.29) is 23.8 Å². The van der Waals surface area contributed by atoms with Crippen molar-refractivity contribution in [3.63, 3.8) is 0 Å². The van der Waals surface area contributed by atoms with E-state index in [2.05, 4.69) is 17.4 Å². The highest BCUT2D eigenvalue weighted by Gasteiger charge is 2.36. The third-order valence-corrected chi connectivity index (χ3v) is 5.02. The molecule has 2 fully saturated rings. The monoisotopic (exact) mass is 334 g/mol. The van der Waals surface area contributed by atoms with Gasteiger partial charge in [0.15, 0.2) is 0 Å². The van der Waals surface area contributed by atoms with Crippen molar-refractivity contribution in [2.45, 2.75) is 25.3 Å². The maximum Gasteiger partial charge on any atom is 0.251 e. The molecule has 2 aromatic rings. The highest BCUT2D eigenvalue weighted by Crippen LogP contribution is 2.32. The van der Waals surface area contributed by atoms with E-state index in [1.165, 1.54) is 0 Å². The number of likely N-dealkylation sites (tertiary alicyclic amines) is 1. The fourth-order valence-corrected chi connectivity index (χ4v) is 3.38. The van der Waals surface area contributed by atoms with E-state index in [0.29, 0.717) is 12.1 Å². The number of nitrogens with one attached hydrogen (secondary N) is 1. The molecular weight excluding hydrogens is 312 g/mol. The topological polar surface area (TPSA) is 49.4 Å². The molecule has 1 heterocycles. The Morgan fingerprint density at radius 3 is 2.24 bits per heavy atom. The van der Waals surface area contributed by atoms with Crippen molar-refractivity contribution in [2.75, 3.05) is 13.1 Å². The van der Waals surface area contributed by atoms with Gasteiger partial charge in [-0.2, -0.15) is 0 Å². The van der Waals surface area contributed by atoms with Gasteiger partial charge in [-0.15, -0.1) is 0 Å². The molecule has 1 saturated carbocycles. The predicted octanol–water partition coefficient (Wildman–Crippen LogP) is 3.09. The molecule has 1 N–H and O–H groups in total. The standard InChI is InChI=1S/C21H22N2O2/c24-20(22-19-12-13-23(14-19)21(25)18-10-11-18)17-8-6-16(7-9-17)15-4-2-1-3-5-15/h1-9,18-19H,10-14H2,(H,22,24). The van der Waals surface area contributed by atoms with Gasteiger partial charge in [-0.25, -0.2) is 0 Å². The van der Waals surface area contributed by atoms with Gasteiger partial charge in [-0.05, 0) is 42.5 Å². The van der Waals surface area contributed by atoms with E-state index in [9.17, 15) is 9.59 Å². The quantitative estimate of drug-likeness (QED) is 0.934. The molecule has 2 aliphatic rings. The molecule has 1 aliphatic heterocycles. The summed E-state index contributed by atoms with van der Waals surface area (Å²) in [6.45, 7) is 1.40. The van der Waals surface area contributed by atoms with Crippen LogP contribution >= 0.6 is 0 Å².